The van der Waals surface area contributed by atoms with Gasteiger partial charge in [0.15, 0.2) is 0 Å². The second kappa shape index (κ2) is 4.96. The van der Waals surface area contributed by atoms with Gasteiger partial charge in [0, 0.05) is 17.1 Å². The molecule has 2 heterocycles. The number of nitrogens with zero attached hydrogens (tertiary/aromatic N) is 3. The van der Waals surface area contributed by atoms with E-state index in [1.165, 1.54) is 7.11 Å². The molecule has 1 amide bonds. The molecular formula is C13H11N5O2. The molecular weight excluding hydrogens is 258 g/mol. The van der Waals surface area contributed by atoms with Crippen molar-refractivity contribution in [2.24, 2.45) is 0 Å². The lowest BCUT2D eigenvalue weighted by Crippen LogP contribution is -2.13. The van der Waals surface area contributed by atoms with Gasteiger partial charge in [-0.05, 0) is 18.2 Å². The minimum absolute atomic E-state index is 0.167. The van der Waals surface area contributed by atoms with Crippen LogP contribution in [0.4, 0.5) is 5.95 Å². The van der Waals surface area contributed by atoms with Gasteiger partial charge in [0.1, 0.15) is 0 Å². The Hall–Kier alpha value is -2.96. The van der Waals surface area contributed by atoms with Crippen LogP contribution >= 0.6 is 0 Å². The normalized spacial score (nSPS) is 10.4. The Balaban J connectivity index is 1.92. The number of aromatic nitrogens is 4. The van der Waals surface area contributed by atoms with Crippen LogP contribution in [-0.4, -0.2) is 33.2 Å². The monoisotopic (exact) mass is 269 g/mol. The summed E-state index contributed by atoms with van der Waals surface area (Å²) in [6.07, 6.45) is 1.69. The number of carbonyl (C=O) groups excluding carboxylic acids is 1. The first kappa shape index (κ1) is 12.1. The fraction of sp³-hybridized carbons (Fsp3) is 0.0769. The number of benzene rings is 1. The molecule has 0 spiro atoms. The smallest absolute Gasteiger partial charge is 0.336 e. The fourth-order valence-corrected chi connectivity index (χ4v) is 1.87. The number of anilines is 1. The minimum Gasteiger partial charge on any atom is -0.466 e. The molecule has 0 bridgehead atoms. The number of carbonyl (C=O) groups is 1. The number of hydrogen-bond acceptors (Lipinski definition) is 5. The van der Waals surface area contributed by atoms with Gasteiger partial charge >= 0.3 is 6.01 Å². The molecule has 3 aromatic rings. The van der Waals surface area contributed by atoms with Crippen molar-refractivity contribution in [1.29, 1.82) is 0 Å². The number of ether oxygens (including phenoxy) is 1. The maximum absolute atomic E-state index is 12.3. The van der Waals surface area contributed by atoms with E-state index in [1.54, 1.807) is 24.4 Å². The molecule has 0 saturated heterocycles. The molecule has 0 saturated carbocycles. The number of rotatable bonds is 3. The molecule has 0 aliphatic rings. The average Bonchev–Trinajstić information content (AvgIpc) is 2.94. The molecule has 0 unspecified atom stereocenters. The number of amides is 1. The van der Waals surface area contributed by atoms with E-state index in [-0.39, 0.29) is 17.9 Å². The summed E-state index contributed by atoms with van der Waals surface area (Å²) in [6, 6.07) is 9.16. The summed E-state index contributed by atoms with van der Waals surface area (Å²) in [5, 5.41) is 9.74. The average molecular weight is 269 g/mol. The molecule has 0 aliphatic carbocycles. The van der Waals surface area contributed by atoms with Gasteiger partial charge in [0.2, 0.25) is 5.95 Å². The minimum atomic E-state index is -0.289. The number of pyridine rings is 1. The van der Waals surface area contributed by atoms with Crippen LogP contribution < -0.4 is 10.1 Å². The van der Waals surface area contributed by atoms with Gasteiger partial charge in [-0.2, -0.15) is 4.98 Å². The number of methoxy groups -OCH3 is 1. The van der Waals surface area contributed by atoms with Crippen molar-refractivity contribution < 1.29 is 9.53 Å². The van der Waals surface area contributed by atoms with Crippen LogP contribution in [-0.2, 0) is 0 Å². The number of fused-ring (bicyclic) bond motifs is 1. The van der Waals surface area contributed by atoms with Crippen molar-refractivity contribution in [2.45, 2.75) is 0 Å². The Kier molecular flexibility index (Phi) is 3.00. The summed E-state index contributed by atoms with van der Waals surface area (Å²) >= 11 is 0. The lowest BCUT2D eigenvalue weighted by molar-refractivity contribution is 0.102. The highest BCUT2D eigenvalue weighted by molar-refractivity contribution is 6.11. The summed E-state index contributed by atoms with van der Waals surface area (Å²) in [5.41, 5.74) is 1.28. The van der Waals surface area contributed by atoms with Gasteiger partial charge in [-0.15, -0.1) is 5.10 Å². The summed E-state index contributed by atoms with van der Waals surface area (Å²) in [4.78, 5) is 20.4. The Labute approximate surface area is 114 Å². The Bertz CT molecular complexity index is 763. The van der Waals surface area contributed by atoms with Gasteiger partial charge in [-0.1, -0.05) is 12.1 Å². The zero-order valence-corrected chi connectivity index (χ0v) is 10.6. The highest BCUT2D eigenvalue weighted by Crippen LogP contribution is 2.17. The van der Waals surface area contributed by atoms with E-state index in [4.69, 9.17) is 4.74 Å². The largest absolute Gasteiger partial charge is 0.466 e. The summed E-state index contributed by atoms with van der Waals surface area (Å²) in [5.74, 6) is -0.0600. The molecule has 20 heavy (non-hydrogen) atoms. The second-order valence-electron chi connectivity index (χ2n) is 4.00. The maximum atomic E-state index is 12.3. The molecule has 0 atom stereocenters. The lowest BCUT2D eigenvalue weighted by atomic mass is 10.1. The molecule has 1 aromatic carbocycles. The van der Waals surface area contributed by atoms with Gasteiger partial charge in [0.25, 0.3) is 5.91 Å². The first-order valence-electron chi connectivity index (χ1n) is 5.89. The Morgan fingerprint density at radius 2 is 2.20 bits per heavy atom. The van der Waals surface area contributed by atoms with Crippen molar-refractivity contribution in [1.82, 2.24) is 20.2 Å². The fourth-order valence-electron chi connectivity index (χ4n) is 1.87. The van der Waals surface area contributed by atoms with Crippen LogP contribution in [0.2, 0.25) is 0 Å². The number of hydrogen-bond donors (Lipinski definition) is 2. The summed E-state index contributed by atoms with van der Waals surface area (Å²) in [6.45, 7) is 0. The molecule has 0 radical (unpaired) electrons. The standard InChI is InChI=1S/C13H11N5O2/c1-20-13-16-12(17-18-13)15-11(19)9-4-2-6-10-8(9)5-3-7-14-10/h2-7H,1H3,(H2,15,16,17,18,19). The van der Waals surface area contributed by atoms with Gasteiger partial charge in [-0.3, -0.25) is 15.1 Å². The van der Waals surface area contributed by atoms with Crippen LogP contribution in [0.1, 0.15) is 10.4 Å². The zero-order valence-electron chi connectivity index (χ0n) is 10.6. The zero-order chi connectivity index (χ0) is 13.9. The van der Waals surface area contributed by atoms with E-state index in [0.717, 1.165) is 10.9 Å². The molecule has 7 nitrogen and oxygen atoms in total. The highest BCUT2D eigenvalue weighted by Gasteiger charge is 2.12. The molecule has 0 fully saturated rings. The topological polar surface area (TPSA) is 92.8 Å². The summed E-state index contributed by atoms with van der Waals surface area (Å²) in [7, 11) is 1.45. The number of nitrogens with one attached hydrogen (secondary N) is 2. The van der Waals surface area contributed by atoms with Crippen molar-refractivity contribution in [3.05, 3.63) is 42.1 Å². The van der Waals surface area contributed by atoms with Crippen LogP contribution in [0, 0.1) is 0 Å². The van der Waals surface area contributed by atoms with Crippen LogP contribution in [0.15, 0.2) is 36.5 Å². The number of aromatic amines is 1. The third kappa shape index (κ3) is 2.16. The predicted octanol–water partition coefficient (Wildman–Crippen LogP) is 1.61. The number of H-pyrrole nitrogens is 1. The Morgan fingerprint density at radius 1 is 1.30 bits per heavy atom. The van der Waals surface area contributed by atoms with Crippen LogP contribution in [0.25, 0.3) is 10.9 Å². The van der Waals surface area contributed by atoms with Crippen LogP contribution in [0.3, 0.4) is 0 Å². The van der Waals surface area contributed by atoms with Gasteiger partial charge in [0.05, 0.1) is 12.6 Å². The van der Waals surface area contributed by atoms with E-state index in [0.29, 0.717) is 5.56 Å². The molecule has 2 N–H and O–H groups in total. The molecule has 3 rings (SSSR count). The first-order chi connectivity index (χ1) is 9.78. The Morgan fingerprint density at radius 3 is 3.00 bits per heavy atom. The second-order valence-corrected chi connectivity index (χ2v) is 4.00. The third-order valence-corrected chi connectivity index (χ3v) is 2.77. The van der Waals surface area contributed by atoms with E-state index in [1.807, 2.05) is 12.1 Å². The third-order valence-electron chi connectivity index (χ3n) is 2.77. The van der Waals surface area contributed by atoms with Crippen LogP contribution in [0.5, 0.6) is 6.01 Å². The quantitative estimate of drug-likeness (QED) is 0.753. The molecule has 2 aromatic heterocycles. The summed E-state index contributed by atoms with van der Waals surface area (Å²) < 4.78 is 4.84. The molecule has 0 aliphatic heterocycles. The SMILES string of the molecule is COc1n[nH]c(NC(=O)c2cccc3ncccc23)n1. The van der Waals surface area contributed by atoms with E-state index in [9.17, 15) is 4.79 Å². The first-order valence-corrected chi connectivity index (χ1v) is 5.89. The van der Waals surface area contributed by atoms with E-state index < -0.39 is 0 Å². The van der Waals surface area contributed by atoms with Gasteiger partial charge in [-0.25, -0.2) is 5.10 Å². The van der Waals surface area contributed by atoms with Crippen molar-refractivity contribution in [3.8, 4) is 6.01 Å². The molecule has 7 heteroatoms. The lowest BCUT2D eigenvalue weighted by Gasteiger charge is -2.05. The highest BCUT2D eigenvalue weighted by atomic mass is 16.5. The predicted molar refractivity (Wildman–Crippen MR) is 72.6 cm³/mol. The van der Waals surface area contributed by atoms with Gasteiger partial charge < -0.3 is 4.74 Å². The maximum Gasteiger partial charge on any atom is 0.336 e. The molecule has 100 valence electrons. The van der Waals surface area contributed by atoms with Crippen molar-refractivity contribution in [3.63, 3.8) is 0 Å². The van der Waals surface area contributed by atoms with E-state index in [2.05, 4.69) is 25.5 Å². The van der Waals surface area contributed by atoms with Crippen molar-refractivity contribution >= 4 is 22.8 Å². The van der Waals surface area contributed by atoms with E-state index >= 15 is 0 Å². The van der Waals surface area contributed by atoms with Crippen molar-refractivity contribution in [2.75, 3.05) is 12.4 Å².